The van der Waals surface area contributed by atoms with Gasteiger partial charge in [-0.05, 0) is 19.9 Å². The van der Waals surface area contributed by atoms with Crippen molar-refractivity contribution in [2.45, 2.75) is 25.6 Å². The summed E-state index contributed by atoms with van der Waals surface area (Å²) in [5, 5.41) is 8.05. The fourth-order valence-electron chi connectivity index (χ4n) is 2.91. The third-order valence-corrected chi connectivity index (χ3v) is 5.66. The number of halogens is 2. The number of aromatic nitrogens is 6. The van der Waals surface area contributed by atoms with E-state index < -0.39 is 25.1 Å². The Hall–Kier alpha value is -2.53. The summed E-state index contributed by atoms with van der Waals surface area (Å²) < 4.78 is 60.8. The van der Waals surface area contributed by atoms with Crippen molar-refractivity contribution in [3.05, 3.63) is 67.6 Å². The third kappa shape index (κ3) is 5.14. The van der Waals surface area contributed by atoms with E-state index in [1.807, 2.05) is 0 Å². The molecular formula is C17H20F2N6O4P. The first-order valence-corrected chi connectivity index (χ1v) is 10.4. The van der Waals surface area contributed by atoms with Crippen LogP contribution in [0.2, 0.25) is 0 Å². The summed E-state index contributed by atoms with van der Waals surface area (Å²) in [5.74, 6) is -1.71. The fraction of sp³-hybridized carbons (Fsp3) is 0.353. The molecule has 1 radical (unpaired) electrons. The lowest BCUT2D eigenvalue weighted by Crippen LogP contribution is -2.40. The van der Waals surface area contributed by atoms with Gasteiger partial charge in [0.1, 0.15) is 42.5 Å². The van der Waals surface area contributed by atoms with Gasteiger partial charge in [0.25, 0.3) is 0 Å². The summed E-state index contributed by atoms with van der Waals surface area (Å²) >= 11 is 0. The average Bonchev–Trinajstić information content (AvgIpc) is 3.36. The van der Waals surface area contributed by atoms with E-state index in [0.717, 1.165) is 6.07 Å². The molecule has 0 spiro atoms. The molecule has 0 saturated heterocycles. The first-order valence-electron chi connectivity index (χ1n) is 8.89. The van der Waals surface area contributed by atoms with Crippen LogP contribution in [0.1, 0.15) is 12.5 Å². The van der Waals surface area contributed by atoms with Gasteiger partial charge in [0, 0.05) is 11.6 Å². The molecule has 3 aromatic rings. The van der Waals surface area contributed by atoms with Crippen molar-refractivity contribution in [3.63, 3.8) is 0 Å². The molecule has 0 aliphatic heterocycles. The molecule has 13 heteroatoms. The summed E-state index contributed by atoms with van der Waals surface area (Å²) in [6, 6.07) is 2.95. The van der Waals surface area contributed by atoms with Gasteiger partial charge in [0.15, 0.2) is 0 Å². The summed E-state index contributed by atoms with van der Waals surface area (Å²) in [5.41, 5.74) is -1.86. The van der Waals surface area contributed by atoms with Crippen molar-refractivity contribution in [1.29, 1.82) is 0 Å². The molecule has 0 saturated carbocycles. The van der Waals surface area contributed by atoms with Crippen molar-refractivity contribution in [1.82, 2.24) is 29.5 Å². The van der Waals surface area contributed by atoms with Crippen LogP contribution in [0.5, 0.6) is 0 Å². The van der Waals surface area contributed by atoms with Crippen LogP contribution < -0.4 is 0 Å². The molecule has 0 N–H and O–H groups in total. The van der Waals surface area contributed by atoms with Crippen LogP contribution in [0.15, 0.2) is 43.5 Å². The largest absolute Gasteiger partial charge is 0.475 e. The second kappa shape index (κ2) is 9.52. The van der Waals surface area contributed by atoms with Crippen LogP contribution in [0, 0.1) is 18.6 Å². The van der Waals surface area contributed by atoms with E-state index in [9.17, 15) is 13.3 Å². The molecule has 10 nitrogen and oxygen atoms in total. The molecule has 1 atom stereocenters. The zero-order chi connectivity index (χ0) is 21.6. The molecule has 30 heavy (non-hydrogen) atoms. The SMILES string of the molecule is [CH2]COP(=O)(OCC)OC(Cn1cncn1)(Cn1cncn1)c1ccc(F)cc1F. The van der Waals surface area contributed by atoms with E-state index in [0.29, 0.717) is 6.07 Å². The van der Waals surface area contributed by atoms with Crippen LogP contribution in [-0.4, -0.2) is 42.7 Å². The monoisotopic (exact) mass is 441 g/mol. The van der Waals surface area contributed by atoms with Crippen LogP contribution in [0.4, 0.5) is 8.78 Å². The number of hydrogen-bond donors (Lipinski definition) is 0. The number of benzene rings is 1. The molecule has 0 aliphatic carbocycles. The van der Waals surface area contributed by atoms with Crippen molar-refractivity contribution >= 4 is 7.82 Å². The standard InChI is InChI=1S/C17H20F2N6O4P/c1-3-27-30(26,28-4-2)29-17(8-24-12-20-10-22-24,9-25-13-21-11-23-25)15-6-5-14(18)7-16(15)19/h5-7,10-13H,1,3-4,8-9H2,2H3. The Bertz CT molecular complexity index is 940. The average molecular weight is 441 g/mol. The molecule has 0 bridgehead atoms. The number of nitrogens with zero attached hydrogens (tertiary/aromatic N) is 6. The summed E-state index contributed by atoms with van der Waals surface area (Å²) in [6.45, 7) is 4.51. The molecule has 1 unspecified atom stereocenters. The van der Waals surface area contributed by atoms with E-state index in [1.54, 1.807) is 6.92 Å². The molecule has 0 fully saturated rings. The van der Waals surface area contributed by atoms with E-state index >= 15 is 0 Å². The van der Waals surface area contributed by atoms with Gasteiger partial charge in [0.05, 0.1) is 26.3 Å². The topological polar surface area (TPSA) is 106 Å². The van der Waals surface area contributed by atoms with Crippen LogP contribution in [0.3, 0.4) is 0 Å². The second-order valence-corrected chi connectivity index (χ2v) is 7.69. The van der Waals surface area contributed by atoms with Gasteiger partial charge in [-0.15, -0.1) is 0 Å². The van der Waals surface area contributed by atoms with E-state index in [-0.39, 0.29) is 31.9 Å². The minimum Gasteiger partial charge on any atom is -0.287 e. The van der Waals surface area contributed by atoms with Crippen LogP contribution in [-0.2, 0) is 36.8 Å². The summed E-state index contributed by atoms with van der Waals surface area (Å²) in [4.78, 5) is 7.74. The third-order valence-electron chi connectivity index (χ3n) is 4.01. The van der Waals surface area contributed by atoms with Crippen molar-refractivity contribution in [2.24, 2.45) is 0 Å². The highest BCUT2D eigenvalue weighted by molar-refractivity contribution is 7.48. The van der Waals surface area contributed by atoms with E-state index in [1.165, 1.54) is 40.7 Å². The highest BCUT2D eigenvalue weighted by Crippen LogP contribution is 2.55. The Kier molecular flexibility index (Phi) is 7.03. The van der Waals surface area contributed by atoms with Crippen molar-refractivity contribution in [3.8, 4) is 0 Å². The Balaban J connectivity index is 2.17. The van der Waals surface area contributed by atoms with E-state index in [4.69, 9.17) is 13.6 Å². The maximum absolute atomic E-state index is 15.0. The lowest BCUT2D eigenvalue weighted by Gasteiger charge is -2.36. The molecular weight excluding hydrogens is 421 g/mol. The van der Waals surface area contributed by atoms with Gasteiger partial charge in [0.2, 0.25) is 0 Å². The maximum atomic E-state index is 15.0. The number of rotatable bonds is 11. The van der Waals surface area contributed by atoms with Crippen molar-refractivity contribution in [2.75, 3.05) is 13.2 Å². The first kappa shape index (κ1) is 22.2. The molecule has 0 amide bonds. The van der Waals surface area contributed by atoms with Crippen LogP contribution in [0.25, 0.3) is 0 Å². The lowest BCUT2D eigenvalue weighted by atomic mass is 9.93. The molecule has 1 aromatic carbocycles. The Labute approximate surface area is 171 Å². The predicted octanol–water partition coefficient (Wildman–Crippen LogP) is 2.76. The van der Waals surface area contributed by atoms with Gasteiger partial charge < -0.3 is 0 Å². The zero-order valence-corrected chi connectivity index (χ0v) is 17.0. The molecule has 161 valence electrons. The molecule has 2 heterocycles. The van der Waals surface area contributed by atoms with Gasteiger partial charge in [-0.25, -0.2) is 32.7 Å². The summed E-state index contributed by atoms with van der Waals surface area (Å²) in [7, 11) is -4.22. The highest BCUT2D eigenvalue weighted by atomic mass is 31.2. The number of hydrogen-bond acceptors (Lipinski definition) is 8. The van der Waals surface area contributed by atoms with Crippen molar-refractivity contribution < 1.29 is 26.9 Å². The first-order chi connectivity index (χ1) is 14.4. The fourth-order valence-corrected chi connectivity index (χ4v) is 4.27. The quantitative estimate of drug-likeness (QED) is 0.418. The van der Waals surface area contributed by atoms with E-state index in [2.05, 4.69) is 27.1 Å². The van der Waals surface area contributed by atoms with Gasteiger partial charge >= 0.3 is 7.82 Å². The highest BCUT2D eigenvalue weighted by Gasteiger charge is 2.46. The number of phosphoric acid groups is 1. The smallest absolute Gasteiger partial charge is 0.287 e. The Morgan fingerprint density at radius 2 is 1.73 bits per heavy atom. The normalized spacial score (nSPS) is 12.4. The Morgan fingerprint density at radius 3 is 2.20 bits per heavy atom. The lowest BCUT2D eigenvalue weighted by molar-refractivity contribution is -0.0231. The summed E-state index contributed by atoms with van der Waals surface area (Å²) in [6.07, 6.45) is 5.29. The van der Waals surface area contributed by atoms with Gasteiger partial charge in [-0.3, -0.25) is 13.6 Å². The zero-order valence-electron chi connectivity index (χ0n) is 16.1. The van der Waals surface area contributed by atoms with Crippen LogP contribution >= 0.6 is 7.82 Å². The molecule has 2 aromatic heterocycles. The maximum Gasteiger partial charge on any atom is 0.475 e. The minimum atomic E-state index is -4.22. The van der Waals surface area contributed by atoms with Gasteiger partial charge in [-0.1, -0.05) is 6.07 Å². The van der Waals surface area contributed by atoms with Gasteiger partial charge in [-0.2, -0.15) is 10.2 Å². The second-order valence-electron chi connectivity index (χ2n) is 6.09. The molecule has 3 rings (SSSR count). The molecule has 0 aliphatic rings. The number of phosphoric ester groups is 1. The Morgan fingerprint density at radius 1 is 1.10 bits per heavy atom. The minimum absolute atomic E-state index is 0.00803. The predicted molar refractivity (Wildman–Crippen MR) is 99.7 cm³/mol.